The summed E-state index contributed by atoms with van der Waals surface area (Å²) in [5, 5.41) is 3.28. The van der Waals surface area contributed by atoms with Crippen LogP contribution in [0.3, 0.4) is 0 Å². The molecule has 0 unspecified atom stereocenters. The summed E-state index contributed by atoms with van der Waals surface area (Å²) in [5.41, 5.74) is 0.887. The number of carbonyl (C=O) groups is 2. The van der Waals surface area contributed by atoms with Gasteiger partial charge in [0.1, 0.15) is 5.75 Å². The number of furan rings is 1. The highest BCUT2D eigenvalue weighted by Crippen LogP contribution is 2.24. The predicted octanol–water partition coefficient (Wildman–Crippen LogP) is 2.85. The van der Waals surface area contributed by atoms with Crippen LogP contribution in [0.4, 0.5) is 5.69 Å². The Morgan fingerprint density at radius 2 is 1.79 bits per heavy atom. The van der Waals surface area contributed by atoms with Crippen molar-refractivity contribution in [3.63, 3.8) is 0 Å². The highest BCUT2D eigenvalue weighted by molar-refractivity contribution is 5.91. The van der Waals surface area contributed by atoms with Crippen molar-refractivity contribution in [1.29, 1.82) is 0 Å². The Kier molecular flexibility index (Phi) is 6.57. The molecule has 0 bridgehead atoms. The summed E-state index contributed by atoms with van der Waals surface area (Å²) in [4.78, 5) is 28.3. The molecule has 0 atom stereocenters. The third-order valence-electron chi connectivity index (χ3n) is 4.56. The second-order valence-electron chi connectivity index (χ2n) is 6.99. The summed E-state index contributed by atoms with van der Waals surface area (Å²) in [5.74, 6) is 1.08. The molecule has 0 aliphatic carbocycles. The molecule has 150 valence electrons. The Bertz CT molecular complexity index is 781. The number of para-hydroxylation sites is 2. The predicted molar refractivity (Wildman–Crippen MR) is 107 cm³/mol. The van der Waals surface area contributed by atoms with Gasteiger partial charge in [-0.25, -0.2) is 0 Å². The zero-order chi connectivity index (χ0) is 19.9. The molecule has 1 aromatic carbocycles. The number of nitrogens with zero attached hydrogens (tertiary/aromatic N) is 2. The second-order valence-corrected chi connectivity index (χ2v) is 6.99. The van der Waals surface area contributed by atoms with Gasteiger partial charge in [0.2, 0.25) is 5.91 Å². The Hall–Kier alpha value is -2.96. The van der Waals surface area contributed by atoms with Crippen molar-refractivity contribution in [3.05, 3.63) is 48.4 Å². The summed E-state index contributed by atoms with van der Waals surface area (Å²) >= 11 is 0. The smallest absolute Gasteiger partial charge is 0.289 e. The molecule has 28 heavy (non-hydrogen) atoms. The first-order chi connectivity index (χ1) is 13.5. The topological polar surface area (TPSA) is 75.0 Å². The minimum absolute atomic E-state index is 0.0832. The van der Waals surface area contributed by atoms with Crippen LogP contribution in [0.15, 0.2) is 47.1 Å². The number of ether oxygens (including phenoxy) is 1. The number of hydrogen-bond acceptors (Lipinski definition) is 5. The molecule has 2 aromatic rings. The van der Waals surface area contributed by atoms with Gasteiger partial charge >= 0.3 is 0 Å². The molecule has 1 N–H and O–H groups in total. The fourth-order valence-electron chi connectivity index (χ4n) is 3.15. The summed E-state index contributed by atoms with van der Waals surface area (Å²) in [6.45, 7) is 6.61. The first-order valence-electron chi connectivity index (χ1n) is 9.64. The molecule has 1 aromatic heterocycles. The quantitative estimate of drug-likeness (QED) is 0.793. The standard InChI is InChI=1S/C21H27N3O4/c1-16(2)28-18-7-4-3-6-17(18)22-10-9-20(25)23-11-13-24(14-12-23)21(26)19-8-5-15-27-19/h3-8,15-16,22H,9-14H2,1-2H3. The van der Waals surface area contributed by atoms with Crippen LogP contribution >= 0.6 is 0 Å². The van der Waals surface area contributed by atoms with Gasteiger partial charge in [-0.05, 0) is 38.1 Å². The van der Waals surface area contributed by atoms with Crippen LogP contribution in [-0.2, 0) is 4.79 Å². The lowest BCUT2D eigenvalue weighted by Crippen LogP contribution is -2.50. The molecule has 1 aliphatic heterocycles. The van der Waals surface area contributed by atoms with Crippen LogP contribution in [0.5, 0.6) is 5.75 Å². The van der Waals surface area contributed by atoms with E-state index in [1.54, 1.807) is 17.0 Å². The molecule has 1 aliphatic rings. The van der Waals surface area contributed by atoms with E-state index in [0.717, 1.165) is 11.4 Å². The Balaban J connectivity index is 1.44. The average molecular weight is 385 g/mol. The molecule has 7 heteroatoms. The van der Waals surface area contributed by atoms with Crippen molar-refractivity contribution in [2.45, 2.75) is 26.4 Å². The number of hydrogen-bond donors (Lipinski definition) is 1. The van der Waals surface area contributed by atoms with Gasteiger partial charge < -0.3 is 24.3 Å². The van der Waals surface area contributed by atoms with Crippen molar-refractivity contribution < 1.29 is 18.7 Å². The summed E-state index contributed by atoms with van der Waals surface area (Å²) in [6, 6.07) is 11.1. The fraction of sp³-hybridized carbons (Fsp3) is 0.429. The molecule has 1 fully saturated rings. The number of anilines is 1. The van der Waals surface area contributed by atoms with Crippen molar-refractivity contribution >= 4 is 17.5 Å². The Morgan fingerprint density at radius 1 is 1.07 bits per heavy atom. The maximum atomic E-state index is 12.5. The number of benzene rings is 1. The number of piperazine rings is 1. The number of rotatable bonds is 7. The van der Waals surface area contributed by atoms with E-state index in [2.05, 4.69) is 5.32 Å². The van der Waals surface area contributed by atoms with Gasteiger partial charge in [-0.2, -0.15) is 0 Å². The van der Waals surface area contributed by atoms with E-state index in [1.807, 2.05) is 43.0 Å². The Labute approximate surface area is 165 Å². The normalized spacial score (nSPS) is 14.2. The molecule has 3 rings (SSSR count). The van der Waals surface area contributed by atoms with Gasteiger partial charge in [0.15, 0.2) is 5.76 Å². The summed E-state index contributed by atoms with van der Waals surface area (Å²) in [6.07, 6.45) is 1.97. The van der Waals surface area contributed by atoms with Crippen molar-refractivity contribution in [1.82, 2.24) is 9.80 Å². The molecule has 0 radical (unpaired) electrons. The molecule has 2 amide bonds. The second kappa shape index (κ2) is 9.30. The fourth-order valence-corrected chi connectivity index (χ4v) is 3.15. The van der Waals surface area contributed by atoms with E-state index >= 15 is 0 Å². The maximum Gasteiger partial charge on any atom is 0.289 e. The molecular weight excluding hydrogens is 358 g/mol. The van der Waals surface area contributed by atoms with E-state index in [0.29, 0.717) is 44.9 Å². The van der Waals surface area contributed by atoms with Gasteiger partial charge in [0, 0.05) is 39.1 Å². The highest BCUT2D eigenvalue weighted by Gasteiger charge is 2.25. The highest BCUT2D eigenvalue weighted by atomic mass is 16.5. The van der Waals surface area contributed by atoms with Crippen LogP contribution in [-0.4, -0.2) is 60.4 Å². The molecule has 1 saturated heterocycles. The number of nitrogens with one attached hydrogen (secondary N) is 1. The van der Waals surface area contributed by atoms with Crippen LogP contribution in [0.25, 0.3) is 0 Å². The van der Waals surface area contributed by atoms with Crippen molar-refractivity contribution in [2.75, 3.05) is 38.0 Å². The van der Waals surface area contributed by atoms with Crippen LogP contribution in [0.2, 0.25) is 0 Å². The number of amides is 2. The summed E-state index contributed by atoms with van der Waals surface area (Å²) in [7, 11) is 0. The largest absolute Gasteiger partial charge is 0.489 e. The molecule has 2 heterocycles. The number of carbonyl (C=O) groups excluding carboxylic acids is 2. The lowest BCUT2D eigenvalue weighted by molar-refractivity contribution is -0.132. The van der Waals surface area contributed by atoms with E-state index < -0.39 is 0 Å². The van der Waals surface area contributed by atoms with E-state index in [-0.39, 0.29) is 17.9 Å². The first kappa shape index (κ1) is 19.8. The van der Waals surface area contributed by atoms with Gasteiger partial charge in [0.05, 0.1) is 18.1 Å². The van der Waals surface area contributed by atoms with E-state index in [1.165, 1.54) is 6.26 Å². The maximum absolute atomic E-state index is 12.5. The van der Waals surface area contributed by atoms with Gasteiger partial charge in [-0.3, -0.25) is 9.59 Å². The third kappa shape index (κ3) is 5.06. The van der Waals surface area contributed by atoms with E-state index in [4.69, 9.17) is 9.15 Å². The van der Waals surface area contributed by atoms with Crippen LogP contribution < -0.4 is 10.1 Å². The molecule has 7 nitrogen and oxygen atoms in total. The van der Waals surface area contributed by atoms with Gasteiger partial charge in [0.25, 0.3) is 5.91 Å². The van der Waals surface area contributed by atoms with Crippen LogP contribution in [0.1, 0.15) is 30.8 Å². The van der Waals surface area contributed by atoms with Crippen LogP contribution in [0, 0.1) is 0 Å². The average Bonchev–Trinajstić information content (AvgIpc) is 3.23. The van der Waals surface area contributed by atoms with Gasteiger partial charge in [-0.1, -0.05) is 12.1 Å². The Morgan fingerprint density at radius 3 is 2.46 bits per heavy atom. The minimum Gasteiger partial charge on any atom is -0.489 e. The van der Waals surface area contributed by atoms with E-state index in [9.17, 15) is 9.59 Å². The zero-order valence-electron chi connectivity index (χ0n) is 16.4. The lowest BCUT2D eigenvalue weighted by atomic mass is 10.2. The SMILES string of the molecule is CC(C)Oc1ccccc1NCCC(=O)N1CCN(C(=O)c2ccco2)CC1. The lowest BCUT2D eigenvalue weighted by Gasteiger charge is -2.34. The molecular formula is C21H27N3O4. The zero-order valence-corrected chi connectivity index (χ0v) is 16.4. The minimum atomic E-state index is -0.125. The summed E-state index contributed by atoms with van der Waals surface area (Å²) < 4.78 is 10.9. The molecule has 0 spiro atoms. The van der Waals surface area contributed by atoms with Crippen molar-refractivity contribution in [3.8, 4) is 5.75 Å². The molecule has 0 saturated carbocycles. The third-order valence-corrected chi connectivity index (χ3v) is 4.56. The van der Waals surface area contributed by atoms with Crippen molar-refractivity contribution in [2.24, 2.45) is 0 Å². The monoisotopic (exact) mass is 385 g/mol. The first-order valence-corrected chi connectivity index (χ1v) is 9.64. The van der Waals surface area contributed by atoms with Gasteiger partial charge in [-0.15, -0.1) is 0 Å².